The summed E-state index contributed by atoms with van der Waals surface area (Å²) in [4.78, 5) is 22.1. The molecule has 0 unspecified atom stereocenters. The monoisotopic (exact) mass is 347 g/mol. The van der Waals surface area contributed by atoms with Crippen LogP contribution in [-0.2, 0) is 0 Å². The van der Waals surface area contributed by atoms with E-state index in [4.69, 9.17) is 21.1 Å². The van der Waals surface area contributed by atoms with Crippen molar-refractivity contribution in [1.29, 1.82) is 0 Å². The molecule has 1 aliphatic heterocycles. The van der Waals surface area contributed by atoms with E-state index in [9.17, 15) is 14.9 Å². The summed E-state index contributed by atoms with van der Waals surface area (Å²) in [6.07, 6.45) is 1.43. The van der Waals surface area contributed by atoms with Gasteiger partial charge < -0.3 is 9.47 Å². The molecule has 9 heteroatoms. The Hall–Kier alpha value is -3.13. The smallest absolute Gasteiger partial charge is 0.272 e. The van der Waals surface area contributed by atoms with E-state index >= 15 is 0 Å². The van der Waals surface area contributed by atoms with Gasteiger partial charge in [-0.1, -0.05) is 11.6 Å². The number of hydrogen-bond donors (Lipinski definition) is 1. The van der Waals surface area contributed by atoms with E-state index in [1.807, 2.05) is 0 Å². The van der Waals surface area contributed by atoms with Gasteiger partial charge in [0.1, 0.15) is 0 Å². The van der Waals surface area contributed by atoms with E-state index in [2.05, 4.69) is 10.5 Å². The number of fused-ring (bicyclic) bond motifs is 1. The highest BCUT2D eigenvalue weighted by Crippen LogP contribution is 2.32. The summed E-state index contributed by atoms with van der Waals surface area (Å²) < 4.78 is 10.4. The van der Waals surface area contributed by atoms with Crippen LogP contribution in [0.2, 0.25) is 5.02 Å². The van der Waals surface area contributed by atoms with Crippen LogP contribution in [0.4, 0.5) is 5.69 Å². The molecular weight excluding hydrogens is 338 g/mol. The number of amides is 1. The second-order valence-corrected chi connectivity index (χ2v) is 5.14. The molecule has 24 heavy (non-hydrogen) atoms. The van der Waals surface area contributed by atoms with E-state index < -0.39 is 10.8 Å². The third-order valence-electron chi connectivity index (χ3n) is 3.18. The van der Waals surface area contributed by atoms with Crippen molar-refractivity contribution in [3.63, 3.8) is 0 Å². The number of ether oxygens (including phenoxy) is 2. The van der Waals surface area contributed by atoms with Crippen LogP contribution < -0.4 is 14.9 Å². The summed E-state index contributed by atoms with van der Waals surface area (Å²) >= 11 is 5.88. The zero-order chi connectivity index (χ0) is 17.1. The quantitative estimate of drug-likeness (QED) is 0.520. The first-order chi connectivity index (χ1) is 11.5. The second-order valence-electron chi connectivity index (χ2n) is 4.73. The number of carbonyl (C=O) groups excluding carboxylic acids is 1. The van der Waals surface area contributed by atoms with Gasteiger partial charge in [-0.3, -0.25) is 14.9 Å². The number of nitro groups is 1. The maximum absolute atomic E-state index is 12.0. The number of hydrazone groups is 1. The van der Waals surface area contributed by atoms with Crippen LogP contribution >= 0.6 is 11.6 Å². The molecule has 1 heterocycles. The minimum Gasteiger partial charge on any atom is -0.454 e. The fourth-order valence-electron chi connectivity index (χ4n) is 2.02. The molecule has 0 radical (unpaired) electrons. The Morgan fingerprint density at radius 1 is 1.25 bits per heavy atom. The van der Waals surface area contributed by atoms with E-state index in [0.717, 1.165) is 6.07 Å². The van der Waals surface area contributed by atoms with Crippen molar-refractivity contribution >= 4 is 29.4 Å². The SMILES string of the molecule is O=C(NN=Cc1ccc2c(c1)OCO2)c1ccc([N+](=O)[O-])cc1Cl. The number of hydrogen-bond acceptors (Lipinski definition) is 6. The van der Waals surface area contributed by atoms with E-state index in [0.29, 0.717) is 17.1 Å². The van der Waals surface area contributed by atoms with E-state index in [1.165, 1.54) is 18.3 Å². The van der Waals surface area contributed by atoms with Crippen molar-refractivity contribution in [2.75, 3.05) is 6.79 Å². The molecule has 0 aromatic heterocycles. The van der Waals surface area contributed by atoms with Crippen molar-refractivity contribution in [2.24, 2.45) is 5.10 Å². The summed E-state index contributed by atoms with van der Waals surface area (Å²) in [5.74, 6) is 0.671. The molecule has 0 bridgehead atoms. The normalized spacial score (nSPS) is 12.4. The number of nitrogens with zero attached hydrogens (tertiary/aromatic N) is 2. The molecule has 1 amide bonds. The number of rotatable bonds is 4. The zero-order valence-corrected chi connectivity index (χ0v) is 12.8. The highest BCUT2D eigenvalue weighted by atomic mass is 35.5. The molecule has 122 valence electrons. The minimum atomic E-state index is -0.592. The number of nitro benzene ring substituents is 1. The molecule has 0 atom stereocenters. The number of nitrogens with one attached hydrogen (secondary N) is 1. The number of benzene rings is 2. The van der Waals surface area contributed by atoms with Gasteiger partial charge in [0.05, 0.1) is 21.7 Å². The summed E-state index contributed by atoms with van der Waals surface area (Å²) in [5.41, 5.74) is 2.91. The Morgan fingerprint density at radius 2 is 2.04 bits per heavy atom. The van der Waals surface area contributed by atoms with Gasteiger partial charge in [-0.2, -0.15) is 5.10 Å². The van der Waals surface area contributed by atoms with Crippen molar-refractivity contribution in [1.82, 2.24) is 5.43 Å². The standard InChI is InChI=1S/C15H10ClN3O5/c16-12-6-10(19(21)22)2-3-11(12)15(20)18-17-7-9-1-4-13-14(5-9)24-8-23-13/h1-7H,8H2,(H,18,20). The van der Waals surface area contributed by atoms with E-state index in [-0.39, 0.29) is 23.1 Å². The molecule has 2 aromatic rings. The lowest BCUT2D eigenvalue weighted by Gasteiger charge is -2.02. The minimum absolute atomic E-state index is 0.0278. The maximum atomic E-state index is 12.0. The molecule has 1 aliphatic rings. The van der Waals surface area contributed by atoms with Crippen molar-refractivity contribution in [3.05, 3.63) is 62.7 Å². The van der Waals surface area contributed by atoms with Gasteiger partial charge in [0.15, 0.2) is 11.5 Å². The molecule has 1 N–H and O–H groups in total. The van der Waals surface area contributed by atoms with Crippen LogP contribution in [0.1, 0.15) is 15.9 Å². The Morgan fingerprint density at radius 3 is 2.79 bits per heavy atom. The molecule has 2 aromatic carbocycles. The molecule has 0 saturated heterocycles. The van der Waals surface area contributed by atoms with Crippen LogP contribution in [-0.4, -0.2) is 23.8 Å². The summed E-state index contributed by atoms with van der Waals surface area (Å²) in [6.45, 7) is 0.172. The molecular formula is C15H10ClN3O5. The molecule has 0 aliphatic carbocycles. The Labute approximate surface area is 140 Å². The van der Waals surface area contributed by atoms with Gasteiger partial charge in [-0.05, 0) is 29.8 Å². The number of carbonyl (C=O) groups is 1. The topological polar surface area (TPSA) is 103 Å². The van der Waals surface area contributed by atoms with Crippen molar-refractivity contribution in [2.45, 2.75) is 0 Å². The van der Waals surface area contributed by atoms with Crippen molar-refractivity contribution in [3.8, 4) is 11.5 Å². The zero-order valence-electron chi connectivity index (χ0n) is 12.1. The Balaban J connectivity index is 1.68. The maximum Gasteiger partial charge on any atom is 0.272 e. The predicted molar refractivity (Wildman–Crippen MR) is 85.7 cm³/mol. The van der Waals surface area contributed by atoms with Gasteiger partial charge in [-0.25, -0.2) is 5.43 Å². The molecule has 8 nitrogen and oxygen atoms in total. The van der Waals surface area contributed by atoms with Gasteiger partial charge >= 0.3 is 0 Å². The van der Waals surface area contributed by atoms with Crippen LogP contribution in [0.25, 0.3) is 0 Å². The fourth-order valence-corrected chi connectivity index (χ4v) is 2.28. The Kier molecular flexibility index (Phi) is 4.30. The number of halogens is 1. The third kappa shape index (κ3) is 3.28. The average molecular weight is 348 g/mol. The molecule has 3 rings (SSSR count). The lowest BCUT2D eigenvalue weighted by atomic mass is 10.2. The van der Waals surface area contributed by atoms with Gasteiger partial charge in [0, 0.05) is 12.1 Å². The summed E-state index contributed by atoms with van der Waals surface area (Å²) in [6, 6.07) is 8.78. The van der Waals surface area contributed by atoms with E-state index in [1.54, 1.807) is 18.2 Å². The van der Waals surface area contributed by atoms with Gasteiger partial charge in [0.25, 0.3) is 11.6 Å². The van der Waals surface area contributed by atoms with Crippen LogP contribution in [0.3, 0.4) is 0 Å². The molecule has 0 saturated carbocycles. The molecule has 0 fully saturated rings. The highest BCUT2D eigenvalue weighted by Gasteiger charge is 2.15. The van der Waals surface area contributed by atoms with Crippen LogP contribution in [0, 0.1) is 10.1 Å². The number of non-ortho nitro benzene ring substituents is 1. The Bertz CT molecular complexity index is 853. The first kappa shape index (κ1) is 15.8. The second kappa shape index (κ2) is 6.55. The largest absolute Gasteiger partial charge is 0.454 e. The highest BCUT2D eigenvalue weighted by molar-refractivity contribution is 6.34. The lowest BCUT2D eigenvalue weighted by molar-refractivity contribution is -0.384. The van der Waals surface area contributed by atoms with Gasteiger partial charge in [-0.15, -0.1) is 0 Å². The fraction of sp³-hybridized carbons (Fsp3) is 0.0667. The first-order valence-corrected chi connectivity index (χ1v) is 7.09. The predicted octanol–water partition coefficient (Wildman–Crippen LogP) is 2.74. The van der Waals surface area contributed by atoms with Crippen molar-refractivity contribution < 1.29 is 19.2 Å². The summed E-state index contributed by atoms with van der Waals surface area (Å²) in [7, 11) is 0. The summed E-state index contributed by atoms with van der Waals surface area (Å²) in [5, 5.41) is 14.4. The van der Waals surface area contributed by atoms with Crippen LogP contribution in [0.15, 0.2) is 41.5 Å². The average Bonchev–Trinajstić information content (AvgIpc) is 3.02. The van der Waals surface area contributed by atoms with Crippen LogP contribution in [0.5, 0.6) is 11.5 Å². The molecule has 0 spiro atoms. The van der Waals surface area contributed by atoms with Gasteiger partial charge in [0.2, 0.25) is 6.79 Å². The third-order valence-corrected chi connectivity index (χ3v) is 3.50. The lowest BCUT2D eigenvalue weighted by Crippen LogP contribution is -2.18. The first-order valence-electron chi connectivity index (χ1n) is 6.71.